The molecule has 1 aromatic rings. The van der Waals surface area contributed by atoms with Crippen LogP contribution < -0.4 is 4.74 Å². The Morgan fingerprint density at radius 3 is 2.53 bits per heavy atom. The standard InChI is InChI=1S/C14H18O/c1-11-4-3-5-13(10-11)12-6-8-14(15-2)9-7-12/h6-10,13H,3-5H2,1-2H3. The largest absolute Gasteiger partial charge is 0.497 e. The van der Waals surface area contributed by atoms with Crippen molar-refractivity contribution in [3.05, 3.63) is 41.5 Å². The molecule has 0 fully saturated rings. The lowest BCUT2D eigenvalue weighted by atomic mass is 9.86. The summed E-state index contributed by atoms with van der Waals surface area (Å²) in [4.78, 5) is 0. The molecule has 1 aliphatic rings. The van der Waals surface area contributed by atoms with Gasteiger partial charge in [-0.15, -0.1) is 0 Å². The molecule has 0 radical (unpaired) electrons. The third-order valence-corrected chi connectivity index (χ3v) is 3.12. The minimum absolute atomic E-state index is 0.615. The first kappa shape index (κ1) is 10.3. The molecule has 0 heterocycles. The predicted molar refractivity (Wildman–Crippen MR) is 63.3 cm³/mol. The summed E-state index contributed by atoms with van der Waals surface area (Å²) in [7, 11) is 1.71. The van der Waals surface area contributed by atoms with E-state index in [1.165, 1.54) is 30.4 Å². The molecule has 0 saturated heterocycles. The van der Waals surface area contributed by atoms with Gasteiger partial charge in [-0.05, 0) is 43.9 Å². The maximum Gasteiger partial charge on any atom is 0.118 e. The Labute approximate surface area is 91.8 Å². The maximum absolute atomic E-state index is 5.16. The Balaban J connectivity index is 2.18. The van der Waals surface area contributed by atoms with Crippen LogP contribution in [0.15, 0.2) is 35.9 Å². The third kappa shape index (κ3) is 2.41. The molecule has 1 nitrogen and oxygen atoms in total. The molecule has 1 aliphatic carbocycles. The van der Waals surface area contributed by atoms with E-state index in [9.17, 15) is 0 Å². The quantitative estimate of drug-likeness (QED) is 0.661. The Bertz CT molecular complexity index is 348. The summed E-state index contributed by atoms with van der Waals surface area (Å²) in [5.74, 6) is 1.56. The maximum atomic E-state index is 5.16. The van der Waals surface area contributed by atoms with E-state index in [4.69, 9.17) is 4.74 Å². The van der Waals surface area contributed by atoms with E-state index < -0.39 is 0 Å². The molecule has 0 bridgehead atoms. The SMILES string of the molecule is COc1ccc(C2C=C(C)CCC2)cc1. The summed E-state index contributed by atoms with van der Waals surface area (Å²) in [5, 5.41) is 0. The van der Waals surface area contributed by atoms with E-state index in [0.717, 1.165) is 5.75 Å². The first-order valence-corrected chi connectivity index (χ1v) is 5.61. The van der Waals surface area contributed by atoms with Crippen molar-refractivity contribution >= 4 is 0 Å². The smallest absolute Gasteiger partial charge is 0.118 e. The van der Waals surface area contributed by atoms with Gasteiger partial charge in [-0.3, -0.25) is 0 Å². The lowest BCUT2D eigenvalue weighted by Gasteiger charge is -2.19. The summed E-state index contributed by atoms with van der Waals surface area (Å²) >= 11 is 0. The summed E-state index contributed by atoms with van der Waals surface area (Å²) in [6.07, 6.45) is 6.28. The number of hydrogen-bond donors (Lipinski definition) is 0. The van der Waals surface area contributed by atoms with Crippen molar-refractivity contribution in [3.63, 3.8) is 0 Å². The normalized spacial score (nSPS) is 20.9. The van der Waals surface area contributed by atoms with Gasteiger partial charge in [-0.1, -0.05) is 23.8 Å². The highest BCUT2D eigenvalue weighted by atomic mass is 16.5. The molecule has 0 aromatic heterocycles. The minimum Gasteiger partial charge on any atom is -0.497 e. The van der Waals surface area contributed by atoms with Crippen LogP contribution in [0.2, 0.25) is 0 Å². The van der Waals surface area contributed by atoms with Crippen LogP contribution >= 0.6 is 0 Å². The van der Waals surface area contributed by atoms with Crippen molar-refractivity contribution in [1.29, 1.82) is 0 Å². The summed E-state index contributed by atoms with van der Waals surface area (Å²) in [5.41, 5.74) is 2.94. The predicted octanol–water partition coefficient (Wildman–Crippen LogP) is 3.91. The second-order valence-corrected chi connectivity index (χ2v) is 4.28. The van der Waals surface area contributed by atoms with Gasteiger partial charge in [0.25, 0.3) is 0 Å². The number of methoxy groups -OCH3 is 1. The Morgan fingerprint density at radius 1 is 1.20 bits per heavy atom. The highest BCUT2D eigenvalue weighted by Gasteiger charge is 2.13. The molecule has 0 N–H and O–H groups in total. The van der Waals surface area contributed by atoms with E-state index in [1.54, 1.807) is 7.11 Å². The van der Waals surface area contributed by atoms with Gasteiger partial charge in [0.1, 0.15) is 5.75 Å². The van der Waals surface area contributed by atoms with Gasteiger partial charge in [0, 0.05) is 5.92 Å². The van der Waals surface area contributed by atoms with Crippen LogP contribution in [0, 0.1) is 0 Å². The van der Waals surface area contributed by atoms with Crippen LogP contribution in [-0.4, -0.2) is 7.11 Å². The second kappa shape index (κ2) is 4.52. The fourth-order valence-corrected chi connectivity index (χ4v) is 2.22. The molecule has 2 rings (SSSR count). The van der Waals surface area contributed by atoms with Crippen LogP contribution in [0.25, 0.3) is 0 Å². The van der Waals surface area contributed by atoms with E-state index >= 15 is 0 Å². The van der Waals surface area contributed by atoms with Gasteiger partial charge in [0.15, 0.2) is 0 Å². The number of benzene rings is 1. The number of hydrogen-bond acceptors (Lipinski definition) is 1. The molecule has 1 atom stereocenters. The lowest BCUT2D eigenvalue weighted by molar-refractivity contribution is 0.414. The summed E-state index contributed by atoms with van der Waals surface area (Å²) in [6.45, 7) is 2.23. The van der Waals surface area contributed by atoms with Crippen molar-refractivity contribution < 1.29 is 4.74 Å². The van der Waals surface area contributed by atoms with Crippen molar-refractivity contribution in [1.82, 2.24) is 0 Å². The Morgan fingerprint density at radius 2 is 1.93 bits per heavy atom. The van der Waals surface area contributed by atoms with Crippen LogP contribution in [-0.2, 0) is 0 Å². The molecule has 1 unspecified atom stereocenters. The van der Waals surface area contributed by atoms with Gasteiger partial charge in [-0.25, -0.2) is 0 Å². The van der Waals surface area contributed by atoms with Crippen molar-refractivity contribution in [2.24, 2.45) is 0 Å². The van der Waals surface area contributed by atoms with Crippen LogP contribution in [0.3, 0.4) is 0 Å². The first-order chi connectivity index (χ1) is 7.29. The first-order valence-electron chi connectivity index (χ1n) is 5.61. The van der Waals surface area contributed by atoms with Gasteiger partial charge in [0.05, 0.1) is 7.11 Å². The molecule has 1 heteroatoms. The molecular weight excluding hydrogens is 184 g/mol. The van der Waals surface area contributed by atoms with E-state index in [-0.39, 0.29) is 0 Å². The van der Waals surface area contributed by atoms with Gasteiger partial charge < -0.3 is 4.74 Å². The number of allylic oxidation sites excluding steroid dienone is 2. The Hall–Kier alpha value is -1.24. The molecule has 0 amide bonds. The molecule has 0 saturated carbocycles. The molecule has 1 aromatic carbocycles. The molecule has 0 aliphatic heterocycles. The topological polar surface area (TPSA) is 9.23 Å². The molecule has 15 heavy (non-hydrogen) atoms. The zero-order valence-corrected chi connectivity index (χ0v) is 9.49. The summed E-state index contributed by atoms with van der Waals surface area (Å²) < 4.78 is 5.16. The van der Waals surface area contributed by atoms with Gasteiger partial charge in [-0.2, -0.15) is 0 Å². The van der Waals surface area contributed by atoms with Crippen LogP contribution in [0.1, 0.15) is 37.7 Å². The van der Waals surface area contributed by atoms with Gasteiger partial charge >= 0.3 is 0 Å². The highest BCUT2D eigenvalue weighted by molar-refractivity contribution is 5.32. The minimum atomic E-state index is 0.615. The zero-order valence-electron chi connectivity index (χ0n) is 9.49. The lowest BCUT2D eigenvalue weighted by Crippen LogP contribution is -2.01. The summed E-state index contributed by atoms with van der Waals surface area (Å²) in [6, 6.07) is 8.46. The van der Waals surface area contributed by atoms with Crippen molar-refractivity contribution in [3.8, 4) is 5.75 Å². The van der Waals surface area contributed by atoms with E-state index in [2.05, 4.69) is 25.1 Å². The fraction of sp³-hybridized carbons (Fsp3) is 0.429. The monoisotopic (exact) mass is 202 g/mol. The molecule has 80 valence electrons. The average molecular weight is 202 g/mol. The van der Waals surface area contributed by atoms with Crippen molar-refractivity contribution in [2.45, 2.75) is 32.1 Å². The third-order valence-electron chi connectivity index (χ3n) is 3.12. The zero-order chi connectivity index (χ0) is 10.7. The van der Waals surface area contributed by atoms with E-state index in [0.29, 0.717) is 5.92 Å². The van der Waals surface area contributed by atoms with Gasteiger partial charge in [0.2, 0.25) is 0 Å². The van der Waals surface area contributed by atoms with Crippen LogP contribution in [0.5, 0.6) is 5.75 Å². The van der Waals surface area contributed by atoms with Crippen molar-refractivity contribution in [2.75, 3.05) is 7.11 Å². The molecular formula is C14H18O. The fourth-order valence-electron chi connectivity index (χ4n) is 2.22. The average Bonchev–Trinajstić information content (AvgIpc) is 2.29. The second-order valence-electron chi connectivity index (χ2n) is 4.28. The number of ether oxygens (including phenoxy) is 1. The Kier molecular flexibility index (Phi) is 3.10. The molecule has 0 spiro atoms. The number of rotatable bonds is 2. The van der Waals surface area contributed by atoms with Crippen LogP contribution in [0.4, 0.5) is 0 Å². The highest BCUT2D eigenvalue weighted by Crippen LogP contribution is 2.31. The van der Waals surface area contributed by atoms with E-state index in [1.807, 2.05) is 12.1 Å².